The van der Waals surface area contributed by atoms with Crippen LogP contribution in [-0.2, 0) is 11.2 Å². The molecule has 6 heteroatoms. The van der Waals surface area contributed by atoms with Crippen LogP contribution in [0.5, 0.6) is 0 Å². The third kappa shape index (κ3) is 4.33. The third-order valence-corrected chi connectivity index (χ3v) is 4.36. The van der Waals surface area contributed by atoms with Gasteiger partial charge < -0.3 is 15.4 Å². The maximum Gasteiger partial charge on any atom is 0.252 e. The molecule has 2 N–H and O–H groups in total. The molecule has 1 unspecified atom stereocenters. The van der Waals surface area contributed by atoms with Crippen molar-refractivity contribution < 1.29 is 13.9 Å². The number of nitrogens with one attached hydrogen (secondary N) is 2. The summed E-state index contributed by atoms with van der Waals surface area (Å²) in [4.78, 5) is 16.3. The summed E-state index contributed by atoms with van der Waals surface area (Å²) in [7, 11) is 1.59. The van der Waals surface area contributed by atoms with E-state index in [1.165, 1.54) is 11.6 Å². The second-order valence-electron chi connectivity index (χ2n) is 6.11. The van der Waals surface area contributed by atoms with Crippen LogP contribution in [0.25, 0.3) is 0 Å². The molecule has 0 saturated heterocycles. The number of ether oxygens (including phenoxy) is 1. The quantitative estimate of drug-likeness (QED) is 0.791. The zero-order valence-electron chi connectivity index (χ0n) is 14.2. The normalized spacial score (nSPS) is 16.2. The van der Waals surface area contributed by atoms with Crippen molar-refractivity contribution in [3.05, 3.63) is 59.0 Å². The molecule has 0 fully saturated rings. The van der Waals surface area contributed by atoms with E-state index in [0.717, 1.165) is 24.8 Å². The molecule has 1 heterocycles. The lowest BCUT2D eigenvalue weighted by Crippen LogP contribution is -2.27. The van der Waals surface area contributed by atoms with E-state index in [0.29, 0.717) is 24.5 Å². The number of amides is 1. The highest BCUT2D eigenvalue weighted by molar-refractivity contribution is 5.94. The number of carbonyl (C=O) groups excluding carboxylic acids is 1. The molecule has 0 bridgehead atoms. The van der Waals surface area contributed by atoms with Gasteiger partial charge in [0.05, 0.1) is 18.2 Å². The number of benzene rings is 1. The molecule has 1 aromatic carbocycles. The average molecular weight is 343 g/mol. The molecule has 1 aromatic heterocycles. The molecule has 25 heavy (non-hydrogen) atoms. The average Bonchev–Trinajstić information content (AvgIpc) is 2.63. The summed E-state index contributed by atoms with van der Waals surface area (Å²) in [5.41, 5.74) is 2.67. The molecule has 1 atom stereocenters. The van der Waals surface area contributed by atoms with Crippen molar-refractivity contribution in [2.24, 2.45) is 0 Å². The van der Waals surface area contributed by atoms with Crippen LogP contribution in [0, 0.1) is 5.82 Å². The Kier molecular flexibility index (Phi) is 5.60. The lowest BCUT2D eigenvalue weighted by atomic mass is 9.87. The van der Waals surface area contributed by atoms with Crippen LogP contribution in [0.3, 0.4) is 0 Å². The van der Waals surface area contributed by atoms with Gasteiger partial charge in [-0.25, -0.2) is 9.37 Å². The van der Waals surface area contributed by atoms with Crippen molar-refractivity contribution in [1.82, 2.24) is 10.3 Å². The standard InChI is InChI=1S/C19H22FN3O2/c1-25-10-9-21-19(24)14-6-8-18(22-12-14)23-17-4-2-3-13-5-7-15(20)11-16(13)17/h5-8,11-12,17H,2-4,9-10H2,1H3,(H,21,24)(H,22,23). The molecule has 1 amide bonds. The molecular weight excluding hydrogens is 321 g/mol. The summed E-state index contributed by atoms with van der Waals surface area (Å²) in [5, 5.41) is 6.11. The Morgan fingerprint density at radius 2 is 2.24 bits per heavy atom. The maximum absolute atomic E-state index is 13.6. The fraction of sp³-hybridized carbons (Fsp3) is 0.368. The number of nitrogens with zero attached hydrogens (tertiary/aromatic N) is 1. The van der Waals surface area contributed by atoms with Gasteiger partial charge in [0.1, 0.15) is 11.6 Å². The first-order chi connectivity index (χ1) is 12.2. The van der Waals surface area contributed by atoms with E-state index in [9.17, 15) is 9.18 Å². The highest BCUT2D eigenvalue weighted by atomic mass is 19.1. The van der Waals surface area contributed by atoms with Crippen LogP contribution < -0.4 is 10.6 Å². The summed E-state index contributed by atoms with van der Waals surface area (Å²) in [5.74, 6) is 0.278. The lowest BCUT2D eigenvalue weighted by Gasteiger charge is -2.27. The molecule has 1 aliphatic carbocycles. The Balaban J connectivity index is 1.66. The molecule has 132 valence electrons. The first-order valence-electron chi connectivity index (χ1n) is 8.45. The van der Waals surface area contributed by atoms with Crippen molar-refractivity contribution in [2.75, 3.05) is 25.6 Å². The van der Waals surface area contributed by atoms with Crippen molar-refractivity contribution in [1.29, 1.82) is 0 Å². The van der Waals surface area contributed by atoms with Crippen molar-refractivity contribution in [3.63, 3.8) is 0 Å². The van der Waals surface area contributed by atoms with Crippen LogP contribution in [0.2, 0.25) is 0 Å². The first-order valence-corrected chi connectivity index (χ1v) is 8.45. The number of hydrogen-bond donors (Lipinski definition) is 2. The molecule has 0 aliphatic heterocycles. The van der Waals surface area contributed by atoms with E-state index in [-0.39, 0.29) is 17.8 Å². The Morgan fingerprint density at radius 3 is 3.00 bits per heavy atom. The smallest absolute Gasteiger partial charge is 0.252 e. The highest BCUT2D eigenvalue weighted by Crippen LogP contribution is 2.32. The Hall–Kier alpha value is -2.47. The number of halogens is 1. The van der Waals surface area contributed by atoms with Gasteiger partial charge in [-0.15, -0.1) is 0 Å². The van der Waals surface area contributed by atoms with Crippen molar-refractivity contribution in [3.8, 4) is 0 Å². The Bertz CT molecular complexity index is 734. The molecule has 0 radical (unpaired) electrons. The van der Waals surface area contributed by atoms with Gasteiger partial charge in [-0.2, -0.15) is 0 Å². The monoisotopic (exact) mass is 343 g/mol. The topological polar surface area (TPSA) is 63.2 Å². The molecule has 5 nitrogen and oxygen atoms in total. The van der Waals surface area contributed by atoms with E-state index >= 15 is 0 Å². The van der Waals surface area contributed by atoms with Gasteiger partial charge in [-0.05, 0) is 54.7 Å². The molecular formula is C19H22FN3O2. The van der Waals surface area contributed by atoms with Gasteiger partial charge in [0.25, 0.3) is 5.91 Å². The molecule has 1 aliphatic rings. The predicted octanol–water partition coefficient (Wildman–Crippen LogP) is 3.09. The number of pyridine rings is 1. The summed E-state index contributed by atoms with van der Waals surface area (Å²) in [6.45, 7) is 0.927. The molecule has 0 spiro atoms. The molecule has 0 saturated carbocycles. The summed E-state index contributed by atoms with van der Waals surface area (Å²) in [6, 6.07) is 8.51. The van der Waals surface area contributed by atoms with E-state index in [2.05, 4.69) is 15.6 Å². The van der Waals surface area contributed by atoms with Crippen molar-refractivity contribution >= 4 is 11.7 Å². The maximum atomic E-state index is 13.6. The number of fused-ring (bicyclic) bond motifs is 1. The first kappa shape index (κ1) is 17.4. The number of aryl methyl sites for hydroxylation is 1. The minimum absolute atomic E-state index is 0.0355. The number of methoxy groups -OCH3 is 1. The van der Waals surface area contributed by atoms with Gasteiger partial charge in [0.2, 0.25) is 0 Å². The van der Waals surface area contributed by atoms with Crippen LogP contribution in [-0.4, -0.2) is 31.2 Å². The second kappa shape index (κ2) is 8.07. The second-order valence-corrected chi connectivity index (χ2v) is 6.11. The van der Waals surface area contributed by atoms with E-state index < -0.39 is 0 Å². The fourth-order valence-corrected chi connectivity index (χ4v) is 3.08. The van der Waals surface area contributed by atoms with Gasteiger partial charge in [0.15, 0.2) is 0 Å². The summed E-state index contributed by atoms with van der Waals surface area (Å²) >= 11 is 0. The largest absolute Gasteiger partial charge is 0.383 e. The lowest BCUT2D eigenvalue weighted by molar-refractivity contribution is 0.0937. The number of hydrogen-bond acceptors (Lipinski definition) is 4. The fourth-order valence-electron chi connectivity index (χ4n) is 3.08. The van der Waals surface area contributed by atoms with E-state index in [1.807, 2.05) is 6.07 Å². The zero-order valence-corrected chi connectivity index (χ0v) is 14.2. The highest BCUT2D eigenvalue weighted by Gasteiger charge is 2.21. The Labute approximate surface area is 146 Å². The minimum atomic E-state index is -0.219. The number of anilines is 1. The zero-order chi connectivity index (χ0) is 17.6. The van der Waals surface area contributed by atoms with Gasteiger partial charge in [-0.3, -0.25) is 4.79 Å². The van der Waals surface area contributed by atoms with Crippen LogP contribution in [0.1, 0.15) is 40.4 Å². The van der Waals surface area contributed by atoms with Gasteiger partial charge >= 0.3 is 0 Å². The van der Waals surface area contributed by atoms with Crippen LogP contribution in [0.15, 0.2) is 36.5 Å². The van der Waals surface area contributed by atoms with Crippen molar-refractivity contribution in [2.45, 2.75) is 25.3 Å². The van der Waals surface area contributed by atoms with Crippen LogP contribution in [0.4, 0.5) is 10.2 Å². The molecule has 3 rings (SSSR count). The summed E-state index contributed by atoms with van der Waals surface area (Å²) < 4.78 is 18.5. The van der Waals surface area contributed by atoms with Crippen LogP contribution >= 0.6 is 0 Å². The SMILES string of the molecule is COCCNC(=O)c1ccc(NC2CCCc3ccc(F)cc32)nc1. The van der Waals surface area contributed by atoms with Gasteiger partial charge in [0, 0.05) is 19.9 Å². The van der Waals surface area contributed by atoms with E-state index in [4.69, 9.17) is 4.74 Å². The minimum Gasteiger partial charge on any atom is -0.383 e. The summed E-state index contributed by atoms with van der Waals surface area (Å²) in [6.07, 6.45) is 4.50. The third-order valence-electron chi connectivity index (χ3n) is 4.36. The predicted molar refractivity (Wildman–Crippen MR) is 94.1 cm³/mol. The van der Waals surface area contributed by atoms with E-state index in [1.54, 1.807) is 31.5 Å². The number of carbonyl (C=O) groups is 1. The molecule has 2 aromatic rings. The Morgan fingerprint density at radius 1 is 1.36 bits per heavy atom. The van der Waals surface area contributed by atoms with Gasteiger partial charge in [-0.1, -0.05) is 6.07 Å². The number of rotatable bonds is 6. The number of aromatic nitrogens is 1.